The van der Waals surface area contributed by atoms with Crippen LogP contribution in [-0.4, -0.2) is 25.6 Å². The van der Waals surface area contributed by atoms with Gasteiger partial charge in [-0.2, -0.15) is 0 Å². The Kier molecular flexibility index (Phi) is 4.57. The monoisotopic (exact) mass is 181 g/mol. The van der Waals surface area contributed by atoms with Crippen molar-refractivity contribution in [1.82, 2.24) is 15.6 Å². The summed E-state index contributed by atoms with van der Waals surface area (Å²) in [6.45, 7) is 1.08. The molecule has 74 valence electrons. The summed E-state index contributed by atoms with van der Waals surface area (Å²) in [6, 6.07) is 4.63. The Hall–Kier alpha value is -0.800. The molecule has 1 atom stereocenters. The van der Waals surface area contributed by atoms with Crippen LogP contribution in [0.4, 0.5) is 0 Å². The van der Waals surface area contributed by atoms with Crippen LogP contribution >= 0.6 is 0 Å². The topological polar surface area (TPSA) is 39.8 Å². The van der Waals surface area contributed by atoms with Crippen molar-refractivity contribution in [2.45, 2.75) is 18.9 Å². The molecule has 0 fully saturated rings. The van der Waals surface area contributed by atoms with Crippen LogP contribution in [0.2, 0.25) is 0 Å². The molecule has 0 aliphatic heterocycles. The Morgan fingerprint density at radius 3 is 2.85 bits per heavy atom. The summed E-state index contributed by atoms with van der Waals surface area (Å²) in [5.74, 6) is 0. The maximum Gasteiger partial charge on any atom is 0.0470 e. The highest BCUT2D eigenvalue weighted by Gasteiger charge is 2.07. The normalized spacial score (nSPS) is 13.1. The lowest BCUT2D eigenvalue weighted by atomic mass is 10.1. The number of rotatable bonds is 6. The molecule has 0 spiro atoms. The molecule has 0 amide bonds. The fraction of sp³-hybridized carbons (Fsp3) is 0.600. The molecule has 1 rings (SSSR count). The van der Waals surface area contributed by atoms with Crippen molar-refractivity contribution < 1.29 is 0 Å². The summed E-state index contributed by atoms with van der Waals surface area (Å²) in [6.07, 6.45) is 4.33. The van der Waals surface area contributed by atoms with E-state index >= 15 is 0 Å². The zero-order valence-corrected chi connectivity index (χ0v) is 8.43. The van der Waals surface area contributed by atoms with Gasteiger partial charge in [-0.1, -0.05) is 0 Å². The second-order valence-corrected chi connectivity index (χ2v) is 3.21. The molecule has 3 N–H and O–H groups in total. The molecule has 0 aromatic carbocycles. The van der Waals surface area contributed by atoms with E-state index in [1.807, 2.05) is 26.4 Å². The predicted molar refractivity (Wildman–Crippen MR) is 55.8 cm³/mol. The molecule has 0 saturated carbocycles. The molecule has 3 nitrogen and oxygen atoms in total. The first-order chi connectivity index (χ1) is 6.38. The molecule has 0 bridgehead atoms. The van der Waals surface area contributed by atoms with E-state index in [0.29, 0.717) is 6.04 Å². The van der Waals surface area contributed by atoms with Crippen LogP contribution in [0.25, 0.3) is 0 Å². The summed E-state index contributed by atoms with van der Waals surface area (Å²) >= 11 is 0. The average molecular weight is 181 g/mol. The van der Waals surface area contributed by atoms with Gasteiger partial charge in [0.2, 0.25) is 0 Å². The first-order valence-electron chi connectivity index (χ1n) is 4.83. The Balaban J connectivity index is 2.35. The molecule has 1 unspecified atom stereocenters. The Morgan fingerprint density at radius 1 is 1.46 bits per heavy atom. The summed E-state index contributed by atoms with van der Waals surface area (Å²) < 4.78 is 0. The molecule has 13 heavy (non-hydrogen) atoms. The maximum atomic E-state index is 3.30. The third kappa shape index (κ3) is 3.20. The number of hydrogen-bond acceptors (Lipinski definition) is 2. The van der Waals surface area contributed by atoms with Crippen LogP contribution in [0, 0.1) is 0 Å². The number of aromatic nitrogens is 1. The Labute approximate surface area is 79.9 Å². The van der Waals surface area contributed by atoms with E-state index in [2.05, 4.69) is 21.7 Å². The van der Waals surface area contributed by atoms with Gasteiger partial charge in [-0.25, -0.2) is 0 Å². The molecule has 1 aromatic rings. The lowest BCUT2D eigenvalue weighted by Gasteiger charge is -2.14. The summed E-state index contributed by atoms with van der Waals surface area (Å²) in [4.78, 5) is 3.23. The molecule has 3 heteroatoms. The van der Waals surface area contributed by atoms with Crippen LogP contribution < -0.4 is 10.6 Å². The zero-order valence-electron chi connectivity index (χ0n) is 8.43. The third-order valence-electron chi connectivity index (χ3n) is 2.27. The first kappa shape index (κ1) is 10.3. The zero-order chi connectivity index (χ0) is 9.52. The SMILES string of the molecule is CNCCCC(NC)c1ccc[nH]1. The van der Waals surface area contributed by atoms with Gasteiger partial charge in [0, 0.05) is 17.9 Å². The van der Waals surface area contributed by atoms with Gasteiger partial charge in [-0.15, -0.1) is 0 Å². The van der Waals surface area contributed by atoms with Gasteiger partial charge in [-0.3, -0.25) is 0 Å². The van der Waals surface area contributed by atoms with E-state index in [4.69, 9.17) is 0 Å². The van der Waals surface area contributed by atoms with Gasteiger partial charge in [0.15, 0.2) is 0 Å². The minimum Gasteiger partial charge on any atom is -0.364 e. The van der Waals surface area contributed by atoms with Gasteiger partial charge in [0.1, 0.15) is 0 Å². The summed E-state index contributed by atoms with van der Waals surface area (Å²) in [7, 11) is 3.99. The van der Waals surface area contributed by atoms with Crippen LogP contribution in [-0.2, 0) is 0 Å². The minimum absolute atomic E-state index is 0.461. The molecule has 0 saturated heterocycles. The first-order valence-corrected chi connectivity index (χ1v) is 4.83. The van der Waals surface area contributed by atoms with E-state index in [-0.39, 0.29) is 0 Å². The summed E-state index contributed by atoms with van der Waals surface area (Å²) in [5, 5.41) is 6.46. The molecule has 0 aliphatic rings. The van der Waals surface area contributed by atoms with Crippen molar-refractivity contribution in [1.29, 1.82) is 0 Å². The van der Waals surface area contributed by atoms with Gasteiger partial charge in [0.25, 0.3) is 0 Å². The van der Waals surface area contributed by atoms with Crippen LogP contribution in [0.1, 0.15) is 24.6 Å². The standard InChI is InChI=1S/C10H19N3/c1-11-7-3-5-9(12-2)10-6-4-8-13-10/h4,6,8-9,11-13H,3,5,7H2,1-2H3. The van der Waals surface area contributed by atoms with Gasteiger partial charge >= 0.3 is 0 Å². The highest BCUT2D eigenvalue weighted by Crippen LogP contribution is 2.14. The van der Waals surface area contributed by atoms with E-state index in [9.17, 15) is 0 Å². The molecular weight excluding hydrogens is 162 g/mol. The minimum atomic E-state index is 0.461. The van der Waals surface area contributed by atoms with Crippen molar-refractivity contribution in [3.63, 3.8) is 0 Å². The highest BCUT2D eigenvalue weighted by molar-refractivity contribution is 5.08. The number of aromatic amines is 1. The van der Waals surface area contributed by atoms with Crippen molar-refractivity contribution in [2.75, 3.05) is 20.6 Å². The fourth-order valence-electron chi connectivity index (χ4n) is 1.50. The lowest BCUT2D eigenvalue weighted by molar-refractivity contribution is 0.510. The van der Waals surface area contributed by atoms with E-state index in [0.717, 1.165) is 13.0 Å². The smallest absolute Gasteiger partial charge is 0.0470 e. The molecule has 0 radical (unpaired) electrons. The van der Waals surface area contributed by atoms with Gasteiger partial charge in [0.05, 0.1) is 0 Å². The van der Waals surface area contributed by atoms with Crippen molar-refractivity contribution in [2.24, 2.45) is 0 Å². The predicted octanol–water partition coefficient (Wildman–Crippen LogP) is 1.27. The van der Waals surface area contributed by atoms with Crippen LogP contribution in [0.5, 0.6) is 0 Å². The van der Waals surface area contributed by atoms with Crippen molar-refractivity contribution >= 4 is 0 Å². The van der Waals surface area contributed by atoms with Crippen molar-refractivity contribution in [3.8, 4) is 0 Å². The van der Waals surface area contributed by atoms with Crippen LogP contribution in [0.15, 0.2) is 18.3 Å². The second-order valence-electron chi connectivity index (χ2n) is 3.21. The Morgan fingerprint density at radius 2 is 2.31 bits per heavy atom. The third-order valence-corrected chi connectivity index (χ3v) is 2.27. The van der Waals surface area contributed by atoms with E-state index < -0.39 is 0 Å². The average Bonchev–Trinajstić information content (AvgIpc) is 2.65. The largest absolute Gasteiger partial charge is 0.364 e. The second kappa shape index (κ2) is 5.78. The van der Waals surface area contributed by atoms with Gasteiger partial charge in [-0.05, 0) is 45.6 Å². The van der Waals surface area contributed by atoms with Crippen LogP contribution in [0.3, 0.4) is 0 Å². The summed E-state index contributed by atoms with van der Waals surface area (Å²) in [5.41, 5.74) is 1.28. The van der Waals surface area contributed by atoms with E-state index in [1.165, 1.54) is 12.1 Å². The van der Waals surface area contributed by atoms with Crippen molar-refractivity contribution in [3.05, 3.63) is 24.0 Å². The number of H-pyrrole nitrogens is 1. The lowest BCUT2D eigenvalue weighted by Crippen LogP contribution is -2.18. The van der Waals surface area contributed by atoms with Gasteiger partial charge < -0.3 is 15.6 Å². The number of hydrogen-bond donors (Lipinski definition) is 3. The number of nitrogens with one attached hydrogen (secondary N) is 3. The molecule has 1 aromatic heterocycles. The Bertz CT molecular complexity index is 206. The molecule has 0 aliphatic carbocycles. The quantitative estimate of drug-likeness (QED) is 0.578. The van der Waals surface area contributed by atoms with E-state index in [1.54, 1.807) is 0 Å². The fourth-order valence-corrected chi connectivity index (χ4v) is 1.50. The highest BCUT2D eigenvalue weighted by atomic mass is 14.9. The maximum absolute atomic E-state index is 3.30. The molecule has 1 heterocycles. The molecular formula is C10H19N3.